The third-order valence-corrected chi connectivity index (χ3v) is 3.29. The molecule has 16 heavy (non-hydrogen) atoms. The topological polar surface area (TPSA) is 46.5 Å². The van der Waals surface area contributed by atoms with E-state index in [4.69, 9.17) is 9.84 Å². The largest absolute Gasteiger partial charge is 0.496 e. The lowest BCUT2D eigenvalue weighted by Gasteiger charge is -2.32. The number of carboxylic acid groups (broad SMARTS) is 1. The average molecular weight is 220 g/mol. The zero-order valence-corrected chi connectivity index (χ0v) is 9.35. The van der Waals surface area contributed by atoms with Gasteiger partial charge in [0.25, 0.3) is 0 Å². The van der Waals surface area contributed by atoms with Crippen LogP contribution in [0.5, 0.6) is 5.75 Å². The molecule has 1 aromatic carbocycles. The molecular weight excluding hydrogens is 204 g/mol. The van der Waals surface area contributed by atoms with Crippen LogP contribution in [-0.2, 0) is 11.2 Å². The van der Waals surface area contributed by atoms with Crippen molar-refractivity contribution in [1.29, 1.82) is 0 Å². The molecule has 0 saturated heterocycles. The van der Waals surface area contributed by atoms with Crippen molar-refractivity contribution in [3.8, 4) is 5.75 Å². The fourth-order valence-corrected chi connectivity index (χ4v) is 2.29. The lowest BCUT2D eigenvalue weighted by molar-refractivity contribution is -0.146. The Morgan fingerprint density at radius 2 is 2.12 bits per heavy atom. The smallest absolute Gasteiger partial charge is 0.306 e. The highest BCUT2D eigenvalue weighted by Gasteiger charge is 2.34. The van der Waals surface area contributed by atoms with Gasteiger partial charge in [-0.1, -0.05) is 18.2 Å². The van der Waals surface area contributed by atoms with Crippen LogP contribution in [0, 0.1) is 11.8 Å². The van der Waals surface area contributed by atoms with E-state index in [2.05, 4.69) is 0 Å². The zero-order valence-electron chi connectivity index (χ0n) is 9.35. The van der Waals surface area contributed by atoms with Crippen LogP contribution in [0.4, 0.5) is 0 Å². The van der Waals surface area contributed by atoms with Gasteiger partial charge in [0.15, 0.2) is 0 Å². The number of carbonyl (C=O) groups is 1. The maximum absolute atomic E-state index is 10.7. The molecule has 1 aliphatic rings. The minimum Gasteiger partial charge on any atom is -0.496 e. The summed E-state index contributed by atoms with van der Waals surface area (Å²) in [6.07, 6.45) is 2.52. The summed E-state index contributed by atoms with van der Waals surface area (Å²) in [5.74, 6) is 0.620. The van der Waals surface area contributed by atoms with E-state index in [0.29, 0.717) is 5.92 Å². The van der Waals surface area contributed by atoms with Crippen molar-refractivity contribution in [2.45, 2.75) is 19.3 Å². The van der Waals surface area contributed by atoms with Crippen molar-refractivity contribution in [2.24, 2.45) is 11.8 Å². The van der Waals surface area contributed by atoms with Crippen LogP contribution in [0.25, 0.3) is 0 Å². The molecule has 1 aliphatic carbocycles. The van der Waals surface area contributed by atoms with Gasteiger partial charge in [0.05, 0.1) is 13.0 Å². The van der Waals surface area contributed by atoms with Crippen LogP contribution in [0.1, 0.15) is 18.4 Å². The molecule has 0 radical (unpaired) electrons. The summed E-state index contributed by atoms with van der Waals surface area (Å²) in [5, 5.41) is 8.79. The molecule has 0 heterocycles. The van der Waals surface area contributed by atoms with E-state index in [1.807, 2.05) is 24.3 Å². The Kier molecular flexibility index (Phi) is 3.13. The maximum Gasteiger partial charge on any atom is 0.306 e. The average Bonchev–Trinajstić information content (AvgIpc) is 2.22. The molecule has 0 amide bonds. The van der Waals surface area contributed by atoms with E-state index < -0.39 is 5.97 Å². The van der Waals surface area contributed by atoms with Gasteiger partial charge in [0, 0.05) is 0 Å². The molecular formula is C13H16O3. The molecule has 1 aromatic rings. The molecule has 0 bridgehead atoms. The predicted molar refractivity (Wildman–Crippen MR) is 60.5 cm³/mol. The third kappa shape index (κ3) is 2.18. The number of hydrogen-bond donors (Lipinski definition) is 1. The molecule has 0 aliphatic heterocycles. The lowest BCUT2D eigenvalue weighted by atomic mass is 9.72. The van der Waals surface area contributed by atoms with Crippen molar-refractivity contribution in [2.75, 3.05) is 7.11 Å². The van der Waals surface area contributed by atoms with Gasteiger partial charge in [-0.05, 0) is 36.8 Å². The highest BCUT2D eigenvalue weighted by Crippen LogP contribution is 2.37. The Bertz CT molecular complexity index is 381. The molecule has 1 fully saturated rings. The first-order valence-electron chi connectivity index (χ1n) is 5.55. The molecule has 3 heteroatoms. The summed E-state index contributed by atoms with van der Waals surface area (Å²) in [6.45, 7) is 0. The first kappa shape index (κ1) is 11.0. The lowest BCUT2D eigenvalue weighted by Crippen LogP contribution is -2.31. The molecule has 0 atom stereocenters. The minimum atomic E-state index is -0.656. The van der Waals surface area contributed by atoms with Crippen LogP contribution in [0.3, 0.4) is 0 Å². The first-order chi connectivity index (χ1) is 7.70. The molecule has 1 saturated carbocycles. The van der Waals surface area contributed by atoms with Gasteiger partial charge in [-0.25, -0.2) is 0 Å². The molecule has 0 spiro atoms. The second-order valence-electron chi connectivity index (χ2n) is 4.39. The number of methoxy groups -OCH3 is 1. The summed E-state index contributed by atoms with van der Waals surface area (Å²) >= 11 is 0. The van der Waals surface area contributed by atoms with Crippen LogP contribution in [-0.4, -0.2) is 18.2 Å². The number of hydrogen-bond acceptors (Lipinski definition) is 2. The van der Waals surface area contributed by atoms with Crippen LogP contribution >= 0.6 is 0 Å². The van der Waals surface area contributed by atoms with Gasteiger partial charge in [-0.3, -0.25) is 4.79 Å². The highest BCUT2D eigenvalue weighted by atomic mass is 16.5. The minimum absolute atomic E-state index is 0.125. The number of para-hydroxylation sites is 1. The Hall–Kier alpha value is -1.51. The molecule has 2 rings (SSSR count). The standard InChI is InChI=1S/C13H16O3/c1-16-12-5-3-2-4-10(12)6-9-7-11(8-9)13(14)15/h2-5,9,11H,6-8H2,1H3,(H,14,15). The Labute approximate surface area is 95.0 Å². The summed E-state index contributed by atoms with van der Waals surface area (Å²) < 4.78 is 5.27. The van der Waals surface area contributed by atoms with E-state index in [1.54, 1.807) is 7.11 Å². The normalized spacial score (nSPS) is 23.6. The molecule has 0 unspecified atom stereocenters. The number of aliphatic carboxylic acids is 1. The summed E-state index contributed by atoms with van der Waals surface area (Å²) in [7, 11) is 1.67. The Morgan fingerprint density at radius 3 is 2.75 bits per heavy atom. The summed E-state index contributed by atoms with van der Waals surface area (Å²) in [4.78, 5) is 10.7. The predicted octanol–water partition coefficient (Wildman–Crippen LogP) is 2.35. The molecule has 1 N–H and O–H groups in total. The Morgan fingerprint density at radius 1 is 1.44 bits per heavy atom. The number of carboxylic acids is 1. The van der Waals surface area contributed by atoms with E-state index in [-0.39, 0.29) is 5.92 Å². The van der Waals surface area contributed by atoms with Crippen molar-refractivity contribution in [1.82, 2.24) is 0 Å². The highest BCUT2D eigenvalue weighted by molar-refractivity contribution is 5.71. The van der Waals surface area contributed by atoms with E-state index in [1.165, 1.54) is 5.56 Å². The van der Waals surface area contributed by atoms with Gasteiger partial charge in [0.1, 0.15) is 5.75 Å². The molecule has 86 valence electrons. The summed E-state index contributed by atoms with van der Waals surface area (Å²) in [5.41, 5.74) is 1.18. The van der Waals surface area contributed by atoms with Gasteiger partial charge >= 0.3 is 5.97 Å². The molecule has 3 nitrogen and oxygen atoms in total. The van der Waals surface area contributed by atoms with Gasteiger partial charge in [-0.15, -0.1) is 0 Å². The monoisotopic (exact) mass is 220 g/mol. The zero-order chi connectivity index (χ0) is 11.5. The summed E-state index contributed by atoms with van der Waals surface area (Å²) in [6, 6.07) is 7.93. The fourth-order valence-electron chi connectivity index (χ4n) is 2.29. The van der Waals surface area contributed by atoms with Crippen molar-refractivity contribution < 1.29 is 14.6 Å². The van der Waals surface area contributed by atoms with Crippen molar-refractivity contribution >= 4 is 5.97 Å². The van der Waals surface area contributed by atoms with Crippen LogP contribution in [0.15, 0.2) is 24.3 Å². The van der Waals surface area contributed by atoms with E-state index in [9.17, 15) is 4.79 Å². The first-order valence-corrected chi connectivity index (χ1v) is 5.55. The van der Waals surface area contributed by atoms with E-state index in [0.717, 1.165) is 25.0 Å². The van der Waals surface area contributed by atoms with Crippen LogP contribution in [0.2, 0.25) is 0 Å². The van der Waals surface area contributed by atoms with Crippen molar-refractivity contribution in [3.05, 3.63) is 29.8 Å². The maximum atomic E-state index is 10.7. The number of ether oxygens (including phenoxy) is 1. The van der Waals surface area contributed by atoms with Crippen LogP contribution < -0.4 is 4.74 Å². The third-order valence-electron chi connectivity index (χ3n) is 3.29. The molecule has 0 aromatic heterocycles. The number of benzene rings is 1. The van der Waals surface area contributed by atoms with Gasteiger partial charge in [0.2, 0.25) is 0 Å². The van der Waals surface area contributed by atoms with Gasteiger partial charge in [-0.2, -0.15) is 0 Å². The second-order valence-corrected chi connectivity index (χ2v) is 4.39. The van der Waals surface area contributed by atoms with Gasteiger partial charge < -0.3 is 9.84 Å². The van der Waals surface area contributed by atoms with E-state index >= 15 is 0 Å². The fraction of sp³-hybridized carbons (Fsp3) is 0.462. The quantitative estimate of drug-likeness (QED) is 0.847. The van der Waals surface area contributed by atoms with Crippen molar-refractivity contribution in [3.63, 3.8) is 0 Å². The SMILES string of the molecule is COc1ccccc1CC1CC(C(=O)O)C1. The Balaban J connectivity index is 1.93. The number of rotatable bonds is 4. The second kappa shape index (κ2) is 4.56.